The number of allylic oxidation sites excluding steroid dienone is 1. The molecule has 0 saturated carbocycles. The average molecular weight is 170 g/mol. The molecule has 0 amide bonds. The molecule has 0 spiro atoms. The molecule has 0 aliphatic heterocycles. The van der Waals surface area contributed by atoms with Crippen molar-refractivity contribution < 1.29 is 5.11 Å². The zero-order valence-corrected chi connectivity index (χ0v) is 8.64. The van der Waals surface area contributed by atoms with Crippen LogP contribution in [0.2, 0.25) is 0 Å². The third-order valence-electron chi connectivity index (χ3n) is 2.40. The van der Waals surface area contributed by atoms with Crippen LogP contribution in [0.15, 0.2) is 12.7 Å². The molecule has 1 heteroatoms. The van der Waals surface area contributed by atoms with Gasteiger partial charge in [-0.25, -0.2) is 0 Å². The highest BCUT2D eigenvalue weighted by atomic mass is 16.3. The lowest BCUT2D eigenvalue weighted by atomic mass is 9.81. The smallest absolute Gasteiger partial charge is 0.0594 e. The van der Waals surface area contributed by atoms with E-state index in [2.05, 4.69) is 27.4 Å². The van der Waals surface area contributed by atoms with Crippen LogP contribution in [-0.2, 0) is 0 Å². The first-order valence-electron chi connectivity index (χ1n) is 4.83. The van der Waals surface area contributed by atoms with Crippen molar-refractivity contribution in [3.8, 4) is 0 Å². The van der Waals surface area contributed by atoms with Crippen molar-refractivity contribution in [1.82, 2.24) is 0 Å². The molecule has 0 aromatic carbocycles. The third kappa shape index (κ3) is 3.91. The fourth-order valence-corrected chi connectivity index (χ4v) is 1.30. The first-order chi connectivity index (χ1) is 5.54. The van der Waals surface area contributed by atoms with Gasteiger partial charge in [0.1, 0.15) is 0 Å². The van der Waals surface area contributed by atoms with Crippen molar-refractivity contribution in [2.75, 3.05) is 0 Å². The van der Waals surface area contributed by atoms with E-state index in [1.54, 1.807) is 0 Å². The van der Waals surface area contributed by atoms with Crippen LogP contribution in [0.1, 0.15) is 46.5 Å². The van der Waals surface area contributed by atoms with Crippen LogP contribution in [0.3, 0.4) is 0 Å². The summed E-state index contributed by atoms with van der Waals surface area (Å²) in [6, 6.07) is 0. The van der Waals surface area contributed by atoms with Gasteiger partial charge in [-0.05, 0) is 18.3 Å². The molecule has 1 atom stereocenters. The maximum atomic E-state index is 9.79. The van der Waals surface area contributed by atoms with E-state index < -0.39 is 0 Å². The van der Waals surface area contributed by atoms with Crippen molar-refractivity contribution in [2.45, 2.75) is 52.6 Å². The molecule has 0 bridgehead atoms. The van der Waals surface area contributed by atoms with E-state index in [0.29, 0.717) is 0 Å². The highest BCUT2D eigenvalue weighted by Gasteiger charge is 2.25. The van der Waals surface area contributed by atoms with Gasteiger partial charge in [-0.15, -0.1) is 6.58 Å². The van der Waals surface area contributed by atoms with Crippen LogP contribution < -0.4 is 0 Å². The van der Waals surface area contributed by atoms with Crippen molar-refractivity contribution in [2.24, 2.45) is 5.41 Å². The van der Waals surface area contributed by atoms with Crippen molar-refractivity contribution >= 4 is 0 Å². The van der Waals surface area contributed by atoms with Gasteiger partial charge in [-0.1, -0.05) is 39.7 Å². The Morgan fingerprint density at radius 3 is 2.50 bits per heavy atom. The number of aliphatic hydroxyl groups is 1. The van der Waals surface area contributed by atoms with Gasteiger partial charge < -0.3 is 5.11 Å². The summed E-state index contributed by atoms with van der Waals surface area (Å²) in [4.78, 5) is 0. The molecule has 12 heavy (non-hydrogen) atoms. The molecule has 72 valence electrons. The fourth-order valence-electron chi connectivity index (χ4n) is 1.30. The quantitative estimate of drug-likeness (QED) is 0.607. The Balaban J connectivity index is 3.86. The Morgan fingerprint density at radius 2 is 2.08 bits per heavy atom. The zero-order valence-electron chi connectivity index (χ0n) is 8.64. The topological polar surface area (TPSA) is 20.2 Å². The first kappa shape index (κ1) is 11.7. The summed E-state index contributed by atoms with van der Waals surface area (Å²) in [5.74, 6) is 0. The molecule has 1 N–H and O–H groups in total. The summed E-state index contributed by atoms with van der Waals surface area (Å²) >= 11 is 0. The lowest BCUT2D eigenvalue weighted by Crippen LogP contribution is -2.28. The molecule has 0 aliphatic carbocycles. The number of unbranched alkanes of at least 4 members (excludes halogenated alkanes) is 1. The molecule has 1 unspecified atom stereocenters. The summed E-state index contributed by atoms with van der Waals surface area (Å²) in [5.41, 5.74) is -0.00306. The molecule has 0 radical (unpaired) electrons. The van der Waals surface area contributed by atoms with Gasteiger partial charge in [0.15, 0.2) is 0 Å². The molecular weight excluding hydrogens is 148 g/mol. The van der Waals surface area contributed by atoms with Crippen LogP contribution in [0.4, 0.5) is 0 Å². The highest BCUT2D eigenvalue weighted by molar-refractivity contribution is 4.84. The van der Waals surface area contributed by atoms with E-state index in [1.165, 1.54) is 0 Å². The van der Waals surface area contributed by atoms with Gasteiger partial charge in [-0.3, -0.25) is 0 Å². The van der Waals surface area contributed by atoms with Crippen molar-refractivity contribution in [3.63, 3.8) is 0 Å². The molecule has 0 aliphatic rings. The van der Waals surface area contributed by atoms with E-state index in [1.807, 2.05) is 6.08 Å². The first-order valence-corrected chi connectivity index (χ1v) is 4.83. The van der Waals surface area contributed by atoms with Crippen molar-refractivity contribution in [1.29, 1.82) is 0 Å². The SMILES string of the molecule is C=CCC(C)(C)C(O)CCCC. The average Bonchev–Trinajstić information content (AvgIpc) is 2.00. The Labute approximate surface area is 76.5 Å². The molecule has 1 nitrogen and oxygen atoms in total. The van der Waals surface area contributed by atoms with Gasteiger partial charge in [0, 0.05) is 0 Å². The van der Waals surface area contributed by atoms with Gasteiger partial charge in [0.05, 0.1) is 6.10 Å². The predicted molar refractivity (Wildman–Crippen MR) is 54.1 cm³/mol. The van der Waals surface area contributed by atoms with E-state index in [9.17, 15) is 5.11 Å². The number of hydrogen-bond donors (Lipinski definition) is 1. The minimum absolute atomic E-state index is 0.00306. The second kappa shape index (κ2) is 5.36. The molecular formula is C11H22O. The molecule has 0 fully saturated rings. The minimum Gasteiger partial charge on any atom is -0.393 e. The van der Waals surface area contributed by atoms with Crippen LogP contribution in [0.25, 0.3) is 0 Å². The lowest BCUT2D eigenvalue weighted by Gasteiger charge is -2.29. The van der Waals surface area contributed by atoms with Gasteiger partial charge in [-0.2, -0.15) is 0 Å². The highest BCUT2D eigenvalue weighted by Crippen LogP contribution is 2.28. The summed E-state index contributed by atoms with van der Waals surface area (Å²) in [6.45, 7) is 10.0. The minimum atomic E-state index is -0.185. The van der Waals surface area contributed by atoms with Gasteiger partial charge >= 0.3 is 0 Å². The Morgan fingerprint density at radius 1 is 1.50 bits per heavy atom. The summed E-state index contributed by atoms with van der Waals surface area (Å²) < 4.78 is 0. The summed E-state index contributed by atoms with van der Waals surface area (Å²) in [6.07, 6.45) is 5.77. The normalized spacial score (nSPS) is 14.3. The Hall–Kier alpha value is -0.300. The zero-order chi connectivity index (χ0) is 9.61. The van der Waals surface area contributed by atoms with E-state index in [4.69, 9.17) is 0 Å². The molecule has 0 aromatic heterocycles. The second-order valence-corrected chi connectivity index (χ2v) is 4.14. The maximum Gasteiger partial charge on any atom is 0.0594 e. The van der Waals surface area contributed by atoms with Crippen LogP contribution >= 0.6 is 0 Å². The number of hydrogen-bond acceptors (Lipinski definition) is 1. The number of aliphatic hydroxyl groups excluding tert-OH is 1. The predicted octanol–water partition coefficient (Wildman–Crippen LogP) is 3.14. The summed E-state index contributed by atoms with van der Waals surface area (Å²) in [5, 5.41) is 9.79. The fraction of sp³-hybridized carbons (Fsp3) is 0.818. The largest absolute Gasteiger partial charge is 0.393 e. The summed E-state index contributed by atoms with van der Waals surface area (Å²) in [7, 11) is 0. The number of rotatable bonds is 6. The van der Waals surface area contributed by atoms with Crippen LogP contribution in [0, 0.1) is 5.41 Å². The molecule has 0 rings (SSSR count). The van der Waals surface area contributed by atoms with E-state index >= 15 is 0 Å². The Bertz CT molecular complexity index is 127. The maximum absolute atomic E-state index is 9.79. The molecule has 0 saturated heterocycles. The van der Waals surface area contributed by atoms with Crippen LogP contribution in [0.5, 0.6) is 0 Å². The van der Waals surface area contributed by atoms with E-state index in [0.717, 1.165) is 25.7 Å². The monoisotopic (exact) mass is 170 g/mol. The Kier molecular flexibility index (Phi) is 5.23. The van der Waals surface area contributed by atoms with Gasteiger partial charge in [0.2, 0.25) is 0 Å². The molecule has 0 aromatic rings. The molecule has 0 heterocycles. The van der Waals surface area contributed by atoms with Crippen molar-refractivity contribution in [3.05, 3.63) is 12.7 Å². The third-order valence-corrected chi connectivity index (χ3v) is 2.40. The standard InChI is InChI=1S/C11H22O/c1-5-7-8-10(12)11(3,4)9-6-2/h6,10,12H,2,5,7-9H2,1,3-4H3. The lowest BCUT2D eigenvalue weighted by molar-refractivity contribution is 0.0433. The van der Waals surface area contributed by atoms with E-state index in [-0.39, 0.29) is 11.5 Å². The van der Waals surface area contributed by atoms with Crippen LogP contribution in [-0.4, -0.2) is 11.2 Å². The second-order valence-electron chi connectivity index (χ2n) is 4.14. The van der Waals surface area contributed by atoms with Gasteiger partial charge in [0.25, 0.3) is 0 Å².